The molecule has 0 aliphatic carbocycles. The summed E-state index contributed by atoms with van der Waals surface area (Å²) in [4.78, 5) is 3.17. The standard InChI is InChI=1S/C8H13N.BrH/c1-2-3-5-8-6-4-7-9-8;/h4,6-7,9H,2-3,5H2,1H3;1H. The van der Waals surface area contributed by atoms with E-state index in [1.807, 2.05) is 12.3 Å². The minimum Gasteiger partial charge on any atom is -0.365 e. The molecule has 0 saturated carbocycles. The van der Waals surface area contributed by atoms with Gasteiger partial charge in [0.2, 0.25) is 0 Å². The van der Waals surface area contributed by atoms with E-state index in [9.17, 15) is 0 Å². The molecule has 0 saturated heterocycles. The first-order valence-electron chi connectivity index (χ1n) is 3.55. The van der Waals surface area contributed by atoms with Gasteiger partial charge in [0, 0.05) is 11.9 Å². The summed E-state index contributed by atoms with van der Waals surface area (Å²) in [6, 6.07) is 4.18. The maximum absolute atomic E-state index is 3.17. The Morgan fingerprint density at radius 1 is 1.50 bits per heavy atom. The second kappa shape index (κ2) is 5.54. The smallest absolute Gasteiger partial charge is 0.0147 e. The molecule has 1 N–H and O–H groups in total. The van der Waals surface area contributed by atoms with Crippen LogP contribution in [0.3, 0.4) is 0 Å². The van der Waals surface area contributed by atoms with Crippen molar-refractivity contribution < 1.29 is 0 Å². The maximum atomic E-state index is 3.17. The van der Waals surface area contributed by atoms with Crippen LogP contribution >= 0.6 is 17.0 Å². The molecule has 10 heavy (non-hydrogen) atoms. The summed E-state index contributed by atoms with van der Waals surface area (Å²) in [5.41, 5.74) is 1.36. The summed E-state index contributed by atoms with van der Waals surface area (Å²) in [6.07, 6.45) is 5.74. The number of rotatable bonds is 3. The zero-order chi connectivity index (χ0) is 6.53. The Morgan fingerprint density at radius 2 is 2.30 bits per heavy atom. The predicted octanol–water partition coefficient (Wildman–Crippen LogP) is 2.94. The molecule has 0 amide bonds. The molecule has 1 rings (SSSR count). The van der Waals surface area contributed by atoms with Crippen molar-refractivity contribution in [1.82, 2.24) is 4.98 Å². The van der Waals surface area contributed by atoms with E-state index in [0.717, 1.165) is 0 Å². The van der Waals surface area contributed by atoms with Crippen LogP contribution in [0.25, 0.3) is 0 Å². The number of aromatic nitrogens is 1. The molecule has 0 aliphatic heterocycles. The van der Waals surface area contributed by atoms with Crippen LogP contribution in [-0.4, -0.2) is 4.98 Å². The van der Waals surface area contributed by atoms with Crippen LogP contribution in [0.4, 0.5) is 0 Å². The van der Waals surface area contributed by atoms with Crippen LogP contribution in [-0.2, 0) is 6.42 Å². The van der Waals surface area contributed by atoms with Gasteiger partial charge in [-0.2, -0.15) is 0 Å². The molecule has 0 radical (unpaired) electrons. The molecule has 1 aromatic rings. The molecule has 1 aromatic heterocycles. The molecule has 0 spiro atoms. The minimum absolute atomic E-state index is 0. The Hall–Kier alpha value is -0.240. The lowest BCUT2D eigenvalue weighted by Gasteiger charge is -1.91. The van der Waals surface area contributed by atoms with Crippen LogP contribution in [0, 0.1) is 0 Å². The van der Waals surface area contributed by atoms with Gasteiger partial charge in [-0.25, -0.2) is 0 Å². The van der Waals surface area contributed by atoms with E-state index in [1.165, 1.54) is 25.0 Å². The van der Waals surface area contributed by atoms with Crippen molar-refractivity contribution in [3.05, 3.63) is 24.0 Å². The Morgan fingerprint density at radius 3 is 2.80 bits per heavy atom. The number of aryl methyl sites for hydroxylation is 1. The summed E-state index contributed by atoms with van der Waals surface area (Å²) in [5.74, 6) is 0. The number of hydrogen-bond acceptors (Lipinski definition) is 0. The molecule has 0 aromatic carbocycles. The first-order chi connectivity index (χ1) is 4.43. The summed E-state index contributed by atoms with van der Waals surface area (Å²) in [7, 11) is 0. The van der Waals surface area contributed by atoms with Gasteiger partial charge in [0.1, 0.15) is 0 Å². The van der Waals surface area contributed by atoms with Crippen molar-refractivity contribution in [3.8, 4) is 0 Å². The fraction of sp³-hybridized carbons (Fsp3) is 0.500. The van der Waals surface area contributed by atoms with E-state index in [0.29, 0.717) is 0 Å². The lowest BCUT2D eigenvalue weighted by molar-refractivity contribution is 0.781. The van der Waals surface area contributed by atoms with Crippen LogP contribution in [0.5, 0.6) is 0 Å². The summed E-state index contributed by atoms with van der Waals surface area (Å²) in [6.45, 7) is 2.21. The number of H-pyrrole nitrogens is 1. The van der Waals surface area contributed by atoms with Crippen molar-refractivity contribution in [2.24, 2.45) is 0 Å². The second-order valence-corrected chi connectivity index (χ2v) is 2.30. The average molecular weight is 204 g/mol. The first kappa shape index (κ1) is 9.76. The third kappa shape index (κ3) is 3.06. The molecule has 0 atom stereocenters. The zero-order valence-electron chi connectivity index (χ0n) is 6.26. The van der Waals surface area contributed by atoms with E-state index in [-0.39, 0.29) is 17.0 Å². The number of hydrogen-bond donors (Lipinski definition) is 1. The topological polar surface area (TPSA) is 15.8 Å². The lowest BCUT2D eigenvalue weighted by Crippen LogP contribution is -1.81. The Balaban J connectivity index is 0.000000810. The molecule has 1 heterocycles. The van der Waals surface area contributed by atoms with Crippen LogP contribution in [0.2, 0.25) is 0 Å². The maximum Gasteiger partial charge on any atom is 0.0147 e. The highest BCUT2D eigenvalue weighted by molar-refractivity contribution is 8.93. The molecule has 2 heteroatoms. The second-order valence-electron chi connectivity index (χ2n) is 2.30. The molecule has 0 aliphatic rings. The highest BCUT2D eigenvalue weighted by atomic mass is 79.9. The Kier molecular flexibility index (Phi) is 5.40. The van der Waals surface area contributed by atoms with Gasteiger partial charge >= 0.3 is 0 Å². The molecular weight excluding hydrogens is 190 g/mol. The van der Waals surface area contributed by atoms with Gasteiger partial charge < -0.3 is 4.98 Å². The van der Waals surface area contributed by atoms with Crippen LogP contribution < -0.4 is 0 Å². The SMILES string of the molecule is Br.CCCCc1ccc[nH]1. The lowest BCUT2D eigenvalue weighted by atomic mass is 10.2. The zero-order valence-corrected chi connectivity index (χ0v) is 7.97. The fourth-order valence-corrected chi connectivity index (χ4v) is 0.890. The molecule has 0 bridgehead atoms. The van der Waals surface area contributed by atoms with Crippen LogP contribution in [0.15, 0.2) is 18.3 Å². The molecule has 1 nitrogen and oxygen atoms in total. The van der Waals surface area contributed by atoms with E-state index in [4.69, 9.17) is 0 Å². The summed E-state index contributed by atoms with van der Waals surface area (Å²) in [5, 5.41) is 0. The summed E-state index contributed by atoms with van der Waals surface area (Å²) < 4.78 is 0. The molecule has 0 fully saturated rings. The summed E-state index contributed by atoms with van der Waals surface area (Å²) >= 11 is 0. The molecular formula is C8H14BrN. The highest BCUT2D eigenvalue weighted by Gasteiger charge is 1.88. The quantitative estimate of drug-likeness (QED) is 0.779. The number of nitrogens with one attached hydrogen (secondary N) is 1. The third-order valence-electron chi connectivity index (χ3n) is 1.46. The van der Waals surface area contributed by atoms with Crippen molar-refractivity contribution in [3.63, 3.8) is 0 Å². The third-order valence-corrected chi connectivity index (χ3v) is 1.46. The highest BCUT2D eigenvalue weighted by Crippen LogP contribution is 2.00. The largest absolute Gasteiger partial charge is 0.365 e. The van der Waals surface area contributed by atoms with Gasteiger partial charge in [0.15, 0.2) is 0 Å². The van der Waals surface area contributed by atoms with Gasteiger partial charge in [0.05, 0.1) is 0 Å². The van der Waals surface area contributed by atoms with Gasteiger partial charge in [-0.05, 0) is 25.0 Å². The fourth-order valence-electron chi connectivity index (χ4n) is 0.890. The first-order valence-corrected chi connectivity index (χ1v) is 3.55. The number of aromatic amines is 1. The number of halogens is 1. The van der Waals surface area contributed by atoms with Gasteiger partial charge in [0.25, 0.3) is 0 Å². The van der Waals surface area contributed by atoms with Gasteiger partial charge in [-0.15, -0.1) is 17.0 Å². The van der Waals surface area contributed by atoms with Gasteiger partial charge in [-0.3, -0.25) is 0 Å². The van der Waals surface area contributed by atoms with E-state index >= 15 is 0 Å². The van der Waals surface area contributed by atoms with Crippen molar-refractivity contribution in [1.29, 1.82) is 0 Å². The normalized spacial score (nSPS) is 8.90. The predicted molar refractivity (Wildman–Crippen MR) is 49.7 cm³/mol. The number of unbranched alkanes of at least 4 members (excludes halogenated alkanes) is 1. The Labute approximate surface area is 72.6 Å². The molecule has 0 unspecified atom stereocenters. The van der Waals surface area contributed by atoms with Crippen LogP contribution in [0.1, 0.15) is 25.5 Å². The van der Waals surface area contributed by atoms with E-state index < -0.39 is 0 Å². The van der Waals surface area contributed by atoms with Crippen molar-refractivity contribution in [2.45, 2.75) is 26.2 Å². The van der Waals surface area contributed by atoms with E-state index in [2.05, 4.69) is 18.0 Å². The van der Waals surface area contributed by atoms with E-state index in [1.54, 1.807) is 0 Å². The minimum atomic E-state index is 0. The monoisotopic (exact) mass is 203 g/mol. The van der Waals surface area contributed by atoms with Crippen molar-refractivity contribution >= 4 is 17.0 Å². The van der Waals surface area contributed by atoms with Gasteiger partial charge in [-0.1, -0.05) is 13.3 Å². The molecule has 58 valence electrons. The average Bonchev–Trinajstić information content (AvgIpc) is 2.34. The Bertz CT molecular complexity index is 146. The van der Waals surface area contributed by atoms with Crippen molar-refractivity contribution in [2.75, 3.05) is 0 Å².